The second kappa shape index (κ2) is 8.68. The summed E-state index contributed by atoms with van der Waals surface area (Å²) in [6, 6.07) is 0. The molecule has 1 amide bonds. The van der Waals surface area contributed by atoms with Crippen molar-refractivity contribution in [3.63, 3.8) is 0 Å². The molecule has 150 valence electrons. The average molecular weight is 384 g/mol. The molecule has 8 nitrogen and oxygen atoms in total. The minimum absolute atomic E-state index is 0.251. The molecule has 0 spiro atoms. The van der Waals surface area contributed by atoms with Crippen LogP contribution in [0.5, 0.6) is 0 Å². The van der Waals surface area contributed by atoms with Crippen LogP contribution in [-0.4, -0.2) is 81.0 Å². The molecule has 0 bridgehead atoms. The van der Waals surface area contributed by atoms with E-state index in [4.69, 9.17) is 0 Å². The fourth-order valence-corrected chi connectivity index (χ4v) is 4.13. The summed E-state index contributed by atoms with van der Waals surface area (Å²) in [4.78, 5) is 32.1. The van der Waals surface area contributed by atoms with Gasteiger partial charge in [0.1, 0.15) is 11.6 Å². The van der Waals surface area contributed by atoms with Gasteiger partial charge >= 0.3 is 0 Å². The Labute approximate surface area is 166 Å². The fourth-order valence-electron chi connectivity index (χ4n) is 4.13. The van der Waals surface area contributed by atoms with Crippen LogP contribution in [-0.2, 0) is 18.3 Å². The van der Waals surface area contributed by atoms with Gasteiger partial charge in [-0.25, -0.2) is 9.97 Å². The van der Waals surface area contributed by atoms with Crippen molar-refractivity contribution in [3.05, 3.63) is 36.8 Å². The zero-order valence-electron chi connectivity index (χ0n) is 16.6. The molecule has 4 rings (SSSR count). The lowest BCUT2D eigenvalue weighted by Crippen LogP contribution is -2.52. The summed E-state index contributed by atoms with van der Waals surface area (Å²) in [6.45, 7) is 5.68. The van der Waals surface area contributed by atoms with Crippen LogP contribution in [0.4, 0.5) is 5.82 Å². The first-order chi connectivity index (χ1) is 13.7. The zero-order chi connectivity index (χ0) is 19.3. The molecule has 0 saturated carbocycles. The molecule has 2 aliphatic heterocycles. The summed E-state index contributed by atoms with van der Waals surface area (Å²) in [7, 11) is 2.06. The molecule has 0 aromatic carbocycles. The molecule has 28 heavy (non-hydrogen) atoms. The number of carbonyl (C=O) groups is 1. The fraction of sp³-hybridized carbons (Fsp3) is 0.600. The Morgan fingerprint density at radius 2 is 1.82 bits per heavy atom. The monoisotopic (exact) mass is 383 g/mol. The molecule has 0 unspecified atom stereocenters. The second-order valence-electron chi connectivity index (χ2n) is 7.81. The van der Waals surface area contributed by atoms with Gasteiger partial charge in [0, 0.05) is 64.4 Å². The highest BCUT2D eigenvalue weighted by atomic mass is 16.2. The van der Waals surface area contributed by atoms with Crippen molar-refractivity contribution in [1.29, 1.82) is 0 Å². The first-order valence-corrected chi connectivity index (χ1v) is 10.2. The number of hydrogen-bond acceptors (Lipinski definition) is 6. The number of piperidine rings is 1. The number of hydrogen-bond donors (Lipinski definition) is 0. The number of aryl methyl sites for hydroxylation is 1. The molecule has 8 heteroatoms. The van der Waals surface area contributed by atoms with Crippen LogP contribution in [0.1, 0.15) is 18.7 Å². The Morgan fingerprint density at radius 3 is 2.46 bits per heavy atom. The van der Waals surface area contributed by atoms with Crippen molar-refractivity contribution >= 4 is 11.7 Å². The van der Waals surface area contributed by atoms with Gasteiger partial charge in [0.05, 0.1) is 12.7 Å². The number of rotatable bonds is 5. The third kappa shape index (κ3) is 4.49. The summed E-state index contributed by atoms with van der Waals surface area (Å²) in [6.07, 6.45) is 12.4. The van der Waals surface area contributed by atoms with Crippen LogP contribution in [0.25, 0.3) is 0 Å². The first-order valence-electron chi connectivity index (χ1n) is 10.2. The number of piperazine rings is 1. The average Bonchev–Trinajstić information content (AvgIpc) is 3.14. The highest BCUT2D eigenvalue weighted by Crippen LogP contribution is 2.21. The molecular weight excluding hydrogens is 354 g/mol. The molecule has 0 N–H and O–H groups in total. The minimum Gasteiger partial charge on any atom is -0.352 e. The van der Waals surface area contributed by atoms with Gasteiger partial charge < -0.3 is 14.4 Å². The maximum absolute atomic E-state index is 12.7. The molecule has 4 heterocycles. The summed E-state index contributed by atoms with van der Waals surface area (Å²) in [5, 5.41) is 0. The van der Waals surface area contributed by atoms with Crippen LogP contribution in [0, 0.1) is 5.92 Å². The largest absolute Gasteiger partial charge is 0.352 e. The lowest BCUT2D eigenvalue weighted by Gasteiger charge is -2.37. The van der Waals surface area contributed by atoms with Gasteiger partial charge in [-0.1, -0.05) is 0 Å². The summed E-state index contributed by atoms with van der Waals surface area (Å²) < 4.78 is 2.11. The number of imidazole rings is 1. The predicted molar refractivity (Wildman–Crippen MR) is 107 cm³/mol. The van der Waals surface area contributed by atoms with E-state index in [2.05, 4.69) is 36.4 Å². The van der Waals surface area contributed by atoms with E-state index < -0.39 is 0 Å². The standard InChI is InChI=1S/C20H29N7O/c1-24-9-6-23-18(24)14-17-2-7-25(8-3-17)16-20(28)27-12-10-26(11-13-27)19-15-21-4-5-22-19/h4-6,9,15,17H,2-3,7-8,10-14,16H2,1H3. The van der Waals surface area contributed by atoms with E-state index in [0.717, 1.165) is 70.2 Å². The number of likely N-dealkylation sites (tertiary alicyclic amines) is 1. The Balaban J connectivity index is 1.19. The third-order valence-corrected chi connectivity index (χ3v) is 5.96. The summed E-state index contributed by atoms with van der Waals surface area (Å²) in [5.74, 6) is 2.98. The highest BCUT2D eigenvalue weighted by Gasteiger charge is 2.26. The van der Waals surface area contributed by atoms with Crippen molar-refractivity contribution in [2.24, 2.45) is 13.0 Å². The normalized spacial score (nSPS) is 19.2. The Hall–Kier alpha value is -2.48. The maximum Gasteiger partial charge on any atom is 0.236 e. The lowest BCUT2D eigenvalue weighted by molar-refractivity contribution is -0.133. The van der Waals surface area contributed by atoms with Crippen molar-refractivity contribution in [3.8, 4) is 0 Å². The highest BCUT2D eigenvalue weighted by molar-refractivity contribution is 5.78. The van der Waals surface area contributed by atoms with E-state index in [1.807, 2.05) is 17.3 Å². The first kappa shape index (κ1) is 18.9. The molecule has 2 saturated heterocycles. The van der Waals surface area contributed by atoms with Gasteiger partial charge in [-0.15, -0.1) is 0 Å². The van der Waals surface area contributed by atoms with Crippen LogP contribution < -0.4 is 4.90 Å². The van der Waals surface area contributed by atoms with E-state index in [0.29, 0.717) is 12.5 Å². The molecule has 0 aliphatic carbocycles. The Kier molecular flexibility index (Phi) is 5.85. The minimum atomic E-state index is 0.251. The number of anilines is 1. The van der Waals surface area contributed by atoms with Crippen LogP contribution in [0.15, 0.2) is 31.0 Å². The quantitative estimate of drug-likeness (QED) is 0.761. The van der Waals surface area contributed by atoms with E-state index in [9.17, 15) is 4.79 Å². The molecule has 0 atom stereocenters. The SMILES string of the molecule is Cn1ccnc1CC1CCN(CC(=O)N2CCN(c3cnccn3)CC2)CC1. The second-order valence-corrected chi connectivity index (χ2v) is 7.81. The zero-order valence-corrected chi connectivity index (χ0v) is 16.6. The van der Waals surface area contributed by atoms with Gasteiger partial charge in [-0.3, -0.25) is 14.7 Å². The Morgan fingerprint density at radius 1 is 1.04 bits per heavy atom. The van der Waals surface area contributed by atoms with E-state index in [-0.39, 0.29) is 5.91 Å². The van der Waals surface area contributed by atoms with E-state index in [1.165, 1.54) is 0 Å². The van der Waals surface area contributed by atoms with Crippen molar-refractivity contribution < 1.29 is 4.79 Å². The van der Waals surface area contributed by atoms with E-state index in [1.54, 1.807) is 18.6 Å². The van der Waals surface area contributed by atoms with Crippen molar-refractivity contribution in [2.75, 3.05) is 50.7 Å². The molecular formula is C20H29N7O. The lowest BCUT2D eigenvalue weighted by atomic mass is 9.93. The van der Waals surface area contributed by atoms with Crippen molar-refractivity contribution in [2.45, 2.75) is 19.3 Å². The van der Waals surface area contributed by atoms with Crippen LogP contribution in [0.3, 0.4) is 0 Å². The van der Waals surface area contributed by atoms with Crippen LogP contribution in [0.2, 0.25) is 0 Å². The number of amides is 1. The molecule has 0 radical (unpaired) electrons. The predicted octanol–water partition coefficient (Wildman–Crippen LogP) is 0.813. The number of aromatic nitrogens is 4. The van der Waals surface area contributed by atoms with Gasteiger partial charge in [-0.2, -0.15) is 0 Å². The molecule has 2 fully saturated rings. The maximum atomic E-state index is 12.7. The van der Waals surface area contributed by atoms with Crippen LogP contribution >= 0.6 is 0 Å². The third-order valence-electron chi connectivity index (χ3n) is 5.96. The van der Waals surface area contributed by atoms with Crippen molar-refractivity contribution in [1.82, 2.24) is 29.3 Å². The summed E-state index contributed by atoms with van der Waals surface area (Å²) in [5.41, 5.74) is 0. The topological polar surface area (TPSA) is 70.4 Å². The van der Waals surface area contributed by atoms with Gasteiger partial charge in [-0.05, 0) is 31.8 Å². The van der Waals surface area contributed by atoms with Gasteiger partial charge in [0.15, 0.2) is 0 Å². The molecule has 2 aromatic heterocycles. The van der Waals surface area contributed by atoms with Gasteiger partial charge in [0.25, 0.3) is 0 Å². The van der Waals surface area contributed by atoms with E-state index >= 15 is 0 Å². The Bertz CT molecular complexity index is 762. The number of nitrogens with zero attached hydrogens (tertiary/aromatic N) is 7. The number of carbonyl (C=O) groups excluding carboxylic acids is 1. The van der Waals surface area contributed by atoms with Gasteiger partial charge in [0.2, 0.25) is 5.91 Å². The molecule has 2 aromatic rings. The summed E-state index contributed by atoms with van der Waals surface area (Å²) >= 11 is 0. The smallest absolute Gasteiger partial charge is 0.236 e. The molecule has 2 aliphatic rings.